The van der Waals surface area contributed by atoms with Gasteiger partial charge in [0.1, 0.15) is 0 Å². The van der Waals surface area contributed by atoms with Gasteiger partial charge in [-0.2, -0.15) is 0 Å². The normalized spacial score (nSPS) is 18.1. The molecule has 18 heavy (non-hydrogen) atoms. The first-order valence-corrected chi connectivity index (χ1v) is 6.48. The Labute approximate surface area is 108 Å². The number of hydrogen-bond acceptors (Lipinski definition) is 2. The molecule has 2 aromatic carbocycles. The summed E-state index contributed by atoms with van der Waals surface area (Å²) in [5.41, 5.74) is 3.91. The van der Waals surface area contributed by atoms with Crippen LogP contribution in [0.2, 0.25) is 0 Å². The molecule has 1 heterocycles. The average Bonchev–Trinajstić information content (AvgIpc) is 2.43. The summed E-state index contributed by atoms with van der Waals surface area (Å²) in [5, 5.41) is 3.49. The zero-order valence-electron chi connectivity index (χ0n) is 10.6. The molecule has 0 aromatic heterocycles. The van der Waals surface area contributed by atoms with Gasteiger partial charge in [-0.25, -0.2) is 0 Å². The van der Waals surface area contributed by atoms with E-state index in [1.54, 1.807) is 0 Å². The molecule has 0 spiro atoms. The molecule has 2 heteroatoms. The van der Waals surface area contributed by atoms with Crippen LogP contribution in [0.1, 0.15) is 12.5 Å². The fourth-order valence-corrected chi connectivity index (χ4v) is 2.50. The van der Waals surface area contributed by atoms with E-state index in [1.807, 2.05) is 0 Å². The fourth-order valence-electron chi connectivity index (χ4n) is 2.50. The molecule has 0 radical (unpaired) electrons. The lowest BCUT2D eigenvalue weighted by Crippen LogP contribution is -2.41. The molecule has 3 rings (SSSR count). The second kappa shape index (κ2) is 4.73. The van der Waals surface area contributed by atoms with Gasteiger partial charge in [0.05, 0.1) is 11.4 Å². The third-order valence-electron chi connectivity index (χ3n) is 3.53. The molecule has 0 unspecified atom stereocenters. The second-order valence-corrected chi connectivity index (χ2v) is 4.86. The smallest absolute Gasteiger partial charge is 0.0608 e. The number of hydrogen-bond donors (Lipinski definition) is 1. The predicted octanol–water partition coefficient (Wildman–Crippen LogP) is 3.51. The first kappa shape index (κ1) is 11.1. The Balaban J connectivity index is 1.91. The lowest BCUT2D eigenvalue weighted by atomic mass is 10.1. The molecular formula is C16H18N2. The van der Waals surface area contributed by atoms with Crippen LogP contribution in [0, 0.1) is 0 Å². The lowest BCUT2D eigenvalue weighted by Gasteiger charge is -2.37. The Bertz CT molecular complexity index is 522. The van der Waals surface area contributed by atoms with Gasteiger partial charge in [-0.15, -0.1) is 0 Å². The summed E-state index contributed by atoms with van der Waals surface area (Å²) in [6.45, 7) is 4.25. The summed E-state index contributed by atoms with van der Waals surface area (Å²) in [7, 11) is 0. The van der Waals surface area contributed by atoms with Crippen LogP contribution in [0.3, 0.4) is 0 Å². The summed E-state index contributed by atoms with van der Waals surface area (Å²) in [5.74, 6) is 0. The number of fused-ring (bicyclic) bond motifs is 1. The molecule has 0 amide bonds. The van der Waals surface area contributed by atoms with Crippen LogP contribution >= 0.6 is 0 Å². The predicted molar refractivity (Wildman–Crippen MR) is 77.0 cm³/mol. The van der Waals surface area contributed by atoms with E-state index in [0.29, 0.717) is 6.04 Å². The van der Waals surface area contributed by atoms with Crippen LogP contribution in [0.4, 0.5) is 11.4 Å². The zero-order valence-corrected chi connectivity index (χ0v) is 10.6. The van der Waals surface area contributed by atoms with Crippen molar-refractivity contribution in [2.45, 2.75) is 19.5 Å². The monoisotopic (exact) mass is 238 g/mol. The first-order chi connectivity index (χ1) is 8.84. The van der Waals surface area contributed by atoms with Crippen molar-refractivity contribution in [3.8, 4) is 0 Å². The van der Waals surface area contributed by atoms with Crippen LogP contribution in [0.15, 0.2) is 54.6 Å². The molecule has 1 aliphatic rings. The minimum atomic E-state index is 0.514. The third-order valence-corrected chi connectivity index (χ3v) is 3.53. The van der Waals surface area contributed by atoms with Crippen LogP contribution in [0.5, 0.6) is 0 Å². The van der Waals surface area contributed by atoms with Gasteiger partial charge in [0.25, 0.3) is 0 Å². The largest absolute Gasteiger partial charge is 0.381 e. The summed E-state index contributed by atoms with van der Waals surface area (Å²) in [4.78, 5) is 2.47. The maximum absolute atomic E-state index is 3.49. The van der Waals surface area contributed by atoms with Crippen molar-refractivity contribution >= 4 is 11.4 Å². The van der Waals surface area contributed by atoms with E-state index in [4.69, 9.17) is 0 Å². The Kier molecular flexibility index (Phi) is 2.93. The van der Waals surface area contributed by atoms with Crippen LogP contribution in [-0.2, 0) is 6.54 Å². The van der Waals surface area contributed by atoms with Gasteiger partial charge in [0, 0.05) is 19.1 Å². The number of para-hydroxylation sites is 2. The highest BCUT2D eigenvalue weighted by atomic mass is 15.2. The van der Waals surface area contributed by atoms with E-state index in [9.17, 15) is 0 Å². The minimum absolute atomic E-state index is 0.514. The SMILES string of the molecule is C[C@H]1CNc2ccccc2N1Cc1ccccc1. The summed E-state index contributed by atoms with van der Waals surface area (Å²) < 4.78 is 0. The van der Waals surface area contributed by atoms with Gasteiger partial charge in [-0.1, -0.05) is 42.5 Å². The van der Waals surface area contributed by atoms with E-state index in [2.05, 4.69) is 71.7 Å². The van der Waals surface area contributed by atoms with Crippen molar-refractivity contribution in [3.05, 3.63) is 60.2 Å². The van der Waals surface area contributed by atoms with Gasteiger partial charge in [0.2, 0.25) is 0 Å². The third kappa shape index (κ3) is 2.06. The molecule has 0 bridgehead atoms. The van der Waals surface area contributed by atoms with Crippen LogP contribution < -0.4 is 10.2 Å². The van der Waals surface area contributed by atoms with E-state index in [0.717, 1.165) is 13.1 Å². The summed E-state index contributed by atoms with van der Waals surface area (Å²) >= 11 is 0. The van der Waals surface area contributed by atoms with Gasteiger partial charge < -0.3 is 10.2 Å². The number of rotatable bonds is 2. The van der Waals surface area contributed by atoms with Gasteiger partial charge in [-0.05, 0) is 24.6 Å². The fraction of sp³-hybridized carbons (Fsp3) is 0.250. The summed E-state index contributed by atoms with van der Waals surface area (Å²) in [6, 6.07) is 19.7. The van der Waals surface area contributed by atoms with Crippen molar-refractivity contribution < 1.29 is 0 Å². The Morgan fingerprint density at radius 3 is 2.61 bits per heavy atom. The Morgan fingerprint density at radius 2 is 1.78 bits per heavy atom. The molecule has 0 saturated carbocycles. The van der Waals surface area contributed by atoms with Crippen LogP contribution in [-0.4, -0.2) is 12.6 Å². The van der Waals surface area contributed by atoms with Gasteiger partial charge in [-0.3, -0.25) is 0 Å². The molecule has 0 fully saturated rings. The van der Waals surface area contributed by atoms with Crippen molar-refractivity contribution in [2.75, 3.05) is 16.8 Å². The zero-order chi connectivity index (χ0) is 12.4. The molecule has 0 aliphatic carbocycles. The molecule has 0 saturated heterocycles. The maximum atomic E-state index is 3.49. The van der Waals surface area contributed by atoms with Crippen LogP contribution in [0.25, 0.3) is 0 Å². The van der Waals surface area contributed by atoms with Crippen molar-refractivity contribution in [1.82, 2.24) is 0 Å². The van der Waals surface area contributed by atoms with E-state index in [1.165, 1.54) is 16.9 Å². The Morgan fingerprint density at radius 1 is 1.06 bits per heavy atom. The highest BCUT2D eigenvalue weighted by Gasteiger charge is 2.22. The molecule has 1 N–H and O–H groups in total. The number of nitrogens with one attached hydrogen (secondary N) is 1. The number of benzene rings is 2. The molecule has 92 valence electrons. The standard InChI is InChI=1S/C16H18N2/c1-13-11-17-15-9-5-6-10-16(15)18(13)12-14-7-3-2-4-8-14/h2-10,13,17H,11-12H2,1H3/t13-/m0/s1. The lowest BCUT2D eigenvalue weighted by molar-refractivity contribution is 0.641. The van der Waals surface area contributed by atoms with Gasteiger partial charge in [0.15, 0.2) is 0 Å². The molecular weight excluding hydrogens is 220 g/mol. The van der Waals surface area contributed by atoms with Crippen molar-refractivity contribution in [1.29, 1.82) is 0 Å². The molecule has 1 atom stereocenters. The van der Waals surface area contributed by atoms with E-state index < -0.39 is 0 Å². The van der Waals surface area contributed by atoms with E-state index in [-0.39, 0.29) is 0 Å². The quantitative estimate of drug-likeness (QED) is 0.861. The van der Waals surface area contributed by atoms with Crippen molar-refractivity contribution in [2.24, 2.45) is 0 Å². The first-order valence-electron chi connectivity index (χ1n) is 6.48. The average molecular weight is 238 g/mol. The number of anilines is 2. The highest BCUT2D eigenvalue weighted by molar-refractivity contribution is 5.72. The number of nitrogens with zero attached hydrogens (tertiary/aromatic N) is 1. The van der Waals surface area contributed by atoms with Gasteiger partial charge >= 0.3 is 0 Å². The molecule has 2 aromatic rings. The molecule has 2 nitrogen and oxygen atoms in total. The Hall–Kier alpha value is -1.96. The van der Waals surface area contributed by atoms with E-state index >= 15 is 0 Å². The maximum Gasteiger partial charge on any atom is 0.0608 e. The summed E-state index contributed by atoms with van der Waals surface area (Å²) in [6.07, 6.45) is 0. The highest BCUT2D eigenvalue weighted by Crippen LogP contribution is 2.32. The minimum Gasteiger partial charge on any atom is -0.381 e. The van der Waals surface area contributed by atoms with Crippen molar-refractivity contribution in [3.63, 3.8) is 0 Å². The molecule has 1 aliphatic heterocycles. The topological polar surface area (TPSA) is 15.3 Å². The second-order valence-electron chi connectivity index (χ2n) is 4.86.